The topological polar surface area (TPSA) is 55.8 Å². The first kappa shape index (κ1) is 16.5. The van der Waals surface area contributed by atoms with Crippen LogP contribution < -0.4 is 4.74 Å². The van der Waals surface area contributed by atoms with E-state index >= 15 is 0 Å². The molecule has 0 aliphatic heterocycles. The minimum absolute atomic E-state index is 0.0488. The summed E-state index contributed by atoms with van der Waals surface area (Å²) in [6.45, 7) is 4.24. The summed E-state index contributed by atoms with van der Waals surface area (Å²) in [5.41, 5.74) is 0.490. The molecule has 1 rings (SSSR count). The highest BCUT2D eigenvalue weighted by atomic mass is 79.9. The molecule has 5 nitrogen and oxygen atoms in total. The van der Waals surface area contributed by atoms with E-state index in [4.69, 9.17) is 9.47 Å². The maximum absolute atomic E-state index is 12.3. The monoisotopic (exact) mass is 343 g/mol. The van der Waals surface area contributed by atoms with Crippen molar-refractivity contribution in [3.05, 3.63) is 28.2 Å². The summed E-state index contributed by atoms with van der Waals surface area (Å²) >= 11 is 3.33. The number of carbonyl (C=O) groups is 2. The number of esters is 1. The second-order valence-corrected chi connectivity index (χ2v) is 4.83. The number of hydrogen-bond donors (Lipinski definition) is 0. The predicted molar refractivity (Wildman–Crippen MR) is 78.9 cm³/mol. The van der Waals surface area contributed by atoms with Gasteiger partial charge in [0.05, 0.1) is 18.2 Å². The molecule has 0 bridgehead atoms. The number of hydrogen-bond acceptors (Lipinski definition) is 4. The zero-order valence-corrected chi connectivity index (χ0v) is 13.4. The molecule has 0 saturated carbocycles. The molecule has 6 heteroatoms. The Balaban J connectivity index is 2.85. The smallest absolute Gasteiger partial charge is 0.325 e. The van der Waals surface area contributed by atoms with E-state index in [-0.39, 0.29) is 12.5 Å². The molecule has 0 N–H and O–H groups in total. The number of rotatable bonds is 6. The van der Waals surface area contributed by atoms with Crippen molar-refractivity contribution in [3.63, 3.8) is 0 Å². The first-order valence-electron chi connectivity index (χ1n) is 6.31. The number of amides is 1. The third-order valence-electron chi connectivity index (χ3n) is 2.69. The Hall–Kier alpha value is -1.56. The molecule has 0 unspecified atom stereocenters. The summed E-state index contributed by atoms with van der Waals surface area (Å²) in [6.07, 6.45) is 0. The SMILES string of the molecule is CCOC(=O)CN(CC)C(=O)c1ccc(OC)c(Br)c1. The van der Waals surface area contributed by atoms with Gasteiger partial charge in [-0.3, -0.25) is 9.59 Å². The van der Waals surface area contributed by atoms with Crippen LogP contribution in [0.1, 0.15) is 24.2 Å². The standard InChI is InChI=1S/C14H18BrNO4/c1-4-16(9-13(17)20-5-2)14(18)10-6-7-12(19-3)11(15)8-10/h6-8H,4-5,9H2,1-3H3. The van der Waals surface area contributed by atoms with Crippen LogP contribution in [0.2, 0.25) is 0 Å². The summed E-state index contributed by atoms with van der Waals surface area (Å²) in [7, 11) is 1.56. The molecule has 0 aromatic heterocycles. The van der Waals surface area contributed by atoms with E-state index in [1.807, 2.05) is 6.92 Å². The van der Waals surface area contributed by atoms with Crippen molar-refractivity contribution in [1.29, 1.82) is 0 Å². The van der Waals surface area contributed by atoms with Crippen LogP contribution in [0, 0.1) is 0 Å². The van der Waals surface area contributed by atoms with Crippen LogP contribution >= 0.6 is 15.9 Å². The van der Waals surface area contributed by atoms with Crippen LogP contribution in [0.25, 0.3) is 0 Å². The number of carbonyl (C=O) groups excluding carboxylic acids is 2. The average Bonchev–Trinajstić information content (AvgIpc) is 2.44. The fourth-order valence-electron chi connectivity index (χ4n) is 1.67. The van der Waals surface area contributed by atoms with Crippen molar-refractivity contribution in [2.24, 2.45) is 0 Å². The van der Waals surface area contributed by atoms with E-state index in [0.717, 1.165) is 0 Å². The maximum Gasteiger partial charge on any atom is 0.325 e. The Labute approximate surface area is 127 Å². The van der Waals surface area contributed by atoms with Crippen molar-refractivity contribution < 1.29 is 19.1 Å². The van der Waals surface area contributed by atoms with Gasteiger partial charge in [0.15, 0.2) is 0 Å². The number of likely N-dealkylation sites (N-methyl/N-ethyl adjacent to an activating group) is 1. The molecular weight excluding hydrogens is 326 g/mol. The molecule has 0 atom stereocenters. The van der Waals surface area contributed by atoms with Gasteiger partial charge in [-0.25, -0.2) is 0 Å². The molecule has 0 aliphatic rings. The third-order valence-corrected chi connectivity index (χ3v) is 3.31. The minimum Gasteiger partial charge on any atom is -0.496 e. The van der Waals surface area contributed by atoms with Gasteiger partial charge in [-0.2, -0.15) is 0 Å². The fraction of sp³-hybridized carbons (Fsp3) is 0.429. The van der Waals surface area contributed by atoms with E-state index in [9.17, 15) is 9.59 Å². The summed E-state index contributed by atoms with van der Waals surface area (Å²) < 4.78 is 10.7. The molecule has 110 valence electrons. The second-order valence-electron chi connectivity index (χ2n) is 3.97. The molecule has 0 fully saturated rings. The van der Waals surface area contributed by atoms with Crippen molar-refractivity contribution in [2.75, 3.05) is 26.8 Å². The van der Waals surface area contributed by atoms with Crippen molar-refractivity contribution in [1.82, 2.24) is 4.90 Å². The Morgan fingerprint density at radius 2 is 2.00 bits per heavy atom. The van der Waals surface area contributed by atoms with Gasteiger partial charge in [0.25, 0.3) is 5.91 Å². The lowest BCUT2D eigenvalue weighted by Gasteiger charge is -2.20. The number of nitrogens with zero attached hydrogens (tertiary/aromatic N) is 1. The number of halogens is 1. The quantitative estimate of drug-likeness (QED) is 0.744. The molecule has 0 spiro atoms. The van der Waals surface area contributed by atoms with Crippen LogP contribution in [0.5, 0.6) is 5.75 Å². The fourth-order valence-corrected chi connectivity index (χ4v) is 2.21. The summed E-state index contributed by atoms with van der Waals surface area (Å²) in [4.78, 5) is 25.2. The minimum atomic E-state index is -0.407. The van der Waals surface area contributed by atoms with Crippen LogP contribution in [0.15, 0.2) is 22.7 Å². The second kappa shape index (κ2) is 7.89. The van der Waals surface area contributed by atoms with E-state index in [0.29, 0.717) is 28.9 Å². The van der Waals surface area contributed by atoms with Crippen molar-refractivity contribution >= 4 is 27.8 Å². The average molecular weight is 344 g/mol. The van der Waals surface area contributed by atoms with Crippen LogP contribution in [0.4, 0.5) is 0 Å². The van der Waals surface area contributed by atoms with Crippen LogP contribution in [0.3, 0.4) is 0 Å². The van der Waals surface area contributed by atoms with Gasteiger partial charge < -0.3 is 14.4 Å². The molecule has 1 aromatic rings. The first-order valence-corrected chi connectivity index (χ1v) is 7.11. The number of ether oxygens (including phenoxy) is 2. The van der Waals surface area contributed by atoms with E-state index < -0.39 is 5.97 Å². The Kier molecular flexibility index (Phi) is 6.51. The van der Waals surface area contributed by atoms with Gasteiger partial charge >= 0.3 is 5.97 Å². The molecule has 1 amide bonds. The number of benzene rings is 1. The van der Waals surface area contributed by atoms with Gasteiger partial charge in [-0.05, 0) is 48.0 Å². The predicted octanol–water partition coefficient (Wildman–Crippen LogP) is 2.48. The zero-order chi connectivity index (χ0) is 15.1. The molecule has 1 aromatic carbocycles. The third kappa shape index (κ3) is 4.23. The molecule has 20 heavy (non-hydrogen) atoms. The Morgan fingerprint density at radius 3 is 2.50 bits per heavy atom. The molecule has 0 saturated heterocycles. The largest absolute Gasteiger partial charge is 0.496 e. The lowest BCUT2D eigenvalue weighted by molar-refractivity contribution is -0.143. The highest BCUT2D eigenvalue weighted by molar-refractivity contribution is 9.10. The summed E-state index contributed by atoms with van der Waals surface area (Å²) in [5, 5.41) is 0. The number of methoxy groups -OCH3 is 1. The van der Waals surface area contributed by atoms with Crippen molar-refractivity contribution in [2.45, 2.75) is 13.8 Å². The lowest BCUT2D eigenvalue weighted by atomic mass is 10.2. The van der Waals surface area contributed by atoms with Gasteiger partial charge in [0.2, 0.25) is 0 Å². The van der Waals surface area contributed by atoms with Gasteiger partial charge in [0.1, 0.15) is 12.3 Å². The maximum atomic E-state index is 12.3. The zero-order valence-electron chi connectivity index (χ0n) is 11.8. The Bertz CT molecular complexity index is 490. The van der Waals surface area contributed by atoms with E-state index in [2.05, 4.69) is 15.9 Å². The molecule has 0 radical (unpaired) electrons. The lowest BCUT2D eigenvalue weighted by Crippen LogP contribution is -2.36. The first-order chi connectivity index (χ1) is 9.53. The molecular formula is C14H18BrNO4. The van der Waals surface area contributed by atoms with Crippen LogP contribution in [-0.4, -0.2) is 43.6 Å². The van der Waals surface area contributed by atoms with Crippen LogP contribution in [-0.2, 0) is 9.53 Å². The highest BCUT2D eigenvalue weighted by Gasteiger charge is 2.18. The molecule has 0 heterocycles. The summed E-state index contributed by atoms with van der Waals surface area (Å²) in [6, 6.07) is 5.05. The van der Waals surface area contributed by atoms with Crippen molar-refractivity contribution in [3.8, 4) is 5.75 Å². The van der Waals surface area contributed by atoms with Gasteiger partial charge in [-0.15, -0.1) is 0 Å². The molecule has 0 aliphatic carbocycles. The summed E-state index contributed by atoms with van der Waals surface area (Å²) in [5.74, 6) is 0.0224. The van der Waals surface area contributed by atoms with E-state index in [1.165, 1.54) is 4.90 Å². The normalized spacial score (nSPS) is 10.0. The van der Waals surface area contributed by atoms with Gasteiger partial charge in [0, 0.05) is 12.1 Å². The highest BCUT2D eigenvalue weighted by Crippen LogP contribution is 2.26. The van der Waals surface area contributed by atoms with Gasteiger partial charge in [-0.1, -0.05) is 0 Å². The van der Waals surface area contributed by atoms with E-state index in [1.54, 1.807) is 32.2 Å². The Morgan fingerprint density at radius 1 is 1.30 bits per heavy atom.